The average Bonchev–Trinajstić information content (AvgIpc) is 2.19. The predicted octanol–water partition coefficient (Wildman–Crippen LogP) is 1.29. The van der Waals surface area contributed by atoms with Crippen LogP contribution in [0.15, 0.2) is 35.5 Å². The number of Topliss-reactive ketones (excluding diaryl/α,β-unsaturated/α-hetero) is 2. The topological polar surface area (TPSA) is 66.7 Å². The summed E-state index contributed by atoms with van der Waals surface area (Å²) in [6.45, 7) is 1.18. The van der Waals surface area contributed by atoms with Gasteiger partial charge in [0, 0.05) is 12.5 Å². The predicted molar refractivity (Wildman–Crippen MR) is 50.7 cm³/mol. The van der Waals surface area contributed by atoms with Crippen molar-refractivity contribution in [3.63, 3.8) is 0 Å². The Morgan fingerprint density at radius 3 is 2.21 bits per heavy atom. The molecular formula is C10H9NO3. The van der Waals surface area contributed by atoms with E-state index >= 15 is 0 Å². The maximum absolute atomic E-state index is 11.5. The van der Waals surface area contributed by atoms with Gasteiger partial charge in [0.15, 0.2) is 11.5 Å². The summed E-state index contributed by atoms with van der Waals surface area (Å²) in [6.07, 6.45) is 0. The Bertz CT molecular complexity index is 382. The Kier molecular flexibility index (Phi) is 3.12. The van der Waals surface area contributed by atoms with Gasteiger partial charge in [-0.15, -0.1) is 0 Å². The highest BCUT2D eigenvalue weighted by atomic mass is 16.4. The number of oxime groups is 1. The zero-order valence-corrected chi connectivity index (χ0v) is 7.60. The molecule has 0 heterocycles. The monoisotopic (exact) mass is 191 g/mol. The second-order valence-corrected chi connectivity index (χ2v) is 2.70. The molecule has 0 spiro atoms. The summed E-state index contributed by atoms with van der Waals surface area (Å²) in [5.74, 6) is -1.12. The molecule has 0 amide bonds. The summed E-state index contributed by atoms with van der Waals surface area (Å²) in [6, 6.07) is 8.19. The molecule has 4 heteroatoms. The second kappa shape index (κ2) is 4.32. The molecule has 0 aromatic heterocycles. The number of benzene rings is 1. The lowest BCUT2D eigenvalue weighted by Gasteiger charge is -1.98. The summed E-state index contributed by atoms with van der Waals surface area (Å²) in [7, 11) is 0. The average molecular weight is 191 g/mol. The molecule has 14 heavy (non-hydrogen) atoms. The number of rotatable bonds is 3. The van der Waals surface area contributed by atoms with Gasteiger partial charge in [-0.2, -0.15) is 0 Å². The third-order valence-corrected chi connectivity index (χ3v) is 1.68. The minimum absolute atomic E-state index is 0.329. The molecule has 1 N–H and O–H groups in total. The first-order chi connectivity index (χ1) is 6.66. The van der Waals surface area contributed by atoms with Crippen molar-refractivity contribution in [3.05, 3.63) is 35.9 Å². The summed E-state index contributed by atoms with van der Waals surface area (Å²) in [5.41, 5.74) is -0.119. The van der Waals surface area contributed by atoms with E-state index in [2.05, 4.69) is 5.16 Å². The fraction of sp³-hybridized carbons (Fsp3) is 0.100. The van der Waals surface area contributed by atoms with Gasteiger partial charge in [-0.25, -0.2) is 0 Å². The number of ketones is 2. The van der Waals surface area contributed by atoms with Gasteiger partial charge in [0.1, 0.15) is 0 Å². The molecule has 72 valence electrons. The van der Waals surface area contributed by atoms with Crippen LogP contribution in [0.4, 0.5) is 0 Å². The van der Waals surface area contributed by atoms with Crippen LogP contribution in [-0.4, -0.2) is 22.5 Å². The zero-order chi connectivity index (χ0) is 10.6. The van der Waals surface area contributed by atoms with Crippen molar-refractivity contribution in [2.75, 3.05) is 0 Å². The SMILES string of the molecule is CC(=O)/C(=N/O)C(=O)c1ccccc1. The molecule has 0 bridgehead atoms. The fourth-order valence-corrected chi connectivity index (χ4v) is 1.00. The Morgan fingerprint density at radius 1 is 1.21 bits per heavy atom. The lowest BCUT2D eigenvalue weighted by Crippen LogP contribution is -2.21. The van der Waals surface area contributed by atoms with E-state index in [1.165, 1.54) is 6.92 Å². The maximum atomic E-state index is 11.5. The second-order valence-electron chi connectivity index (χ2n) is 2.70. The van der Waals surface area contributed by atoms with Gasteiger partial charge in [0.05, 0.1) is 0 Å². The van der Waals surface area contributed by atoms with E-state index in [0.29, 0.717) is 5.56 Å². The van der Waals surface area contributed by atoms with Crippen LogP contribution >= 0.6 is 0 Å². The molecule has 1 aromatic carbocycles. The van der Waals surface area contributed by atoms with Crippen LogP contribution in [0.1, 0.15) is 17.3 Å². The van der Waals surface area contributed by atoms with E-state index in [1.54, 1.807) is 30.3 Å². The smallest absolute Gasteiger partial charge is 0.218 e. The summed E-state index contributed by atoms with van der Waals surface area (Å²) in [5, 5.41) is 11.2. The number of nitrogens with zero attached hydrogens (tertiary/aromatic N) is 1. The first-order valence-electron chi connectivity index (χ1n) is 3.99. The standard InChI is InChI=1S/C10H9NO3/c1-7(12)9(11-14)10(13)8-5-3-2-4-6-8/h2-6,14H,1H3/b11-9-. The first-order valence-corrected chi connectivity index (χ1v) is 3.99. The molecule has 0 saturated heterocycles. The Labute approximate surface area is 80.9 Å². The van der Waals surface area contributed by atoms with Gasteiger partial charge in [-0.3, -0.25) is 9.59 Å². The van der Waals surface area contributed by atoms with Crippen molar-refractivity contribution in [2.24, 2.45) is 5.16 Å². The Morgan fingerprint density at radius 2 is 1.79 bits per heavy atom. The molecule has 0 radical (unpaired) electrons. The van der Waals surface area contributed by atoms with Crippen molar-refractivity contribution >= 4 is 17.3 Å². The van der Waals surface area contributed by atoms with Crippen LogP contribution in [0.3, 0.4) is 0 Å². The van der Waals surface area contributed by atoms with Crippen LogP contribution in [0.5, 0.6) is 0 Å². The van der Waals surface area contributed by atoms with E-state index in [1.807, 2.05) is 0 Å². The molecule has 0 saturated carbocycles. The van der Waals surface area contributed by atoms with E-state index < -0.39 is 17.3 Å². The van der Waals surface area contributed by atoms with Crippen LogP contribution < -0.4 is 0 Å². The normalized spacial score (nSPS) is 11.1. The highest BCUT2D eigenvalue weighted by molar-refractivity contribution is 6.68. The van der Waals surface area contributed by atoms with Crippen molar-refractivity contribution < 1.29 is 14.8 Å². The van der Waals surface area contributed by atoms with Crippen molar-refractivity contribution in [3.8, 4) is 0 Å². The molecular weight excluding hydrogens is 182 g/mol. The summed E-state index contributed by atoms with van der Waals surface area (Å²) in [4.78, 5) is 22.4. The van der Waals surface area contributed by atoms with Gasteiger partial charge < -0.3 is 5.21 Å². The highest BCUT2D eigenvalue weighted by Crippen LogP contribution is 2.02. The molecule has 0 unspecified atom stereocenters. The van der Waals surface area contributed by atoms with Crippen molar-refractivity contribution in [1.29, 1.82) is 0 Å². The molecule has 0 atom stereocenters. The highest BCUT2D eigenvalue weighted by Gasteiger charge is 2.18. The fourth-order valence-electron chi connectivity index (χ4n) is 1.00. The van der Waals surface area contributed by atoms with Crippen LogP contribution in [-0.2, 0) is 4.79 Å². The minimum atomic E-state index is -0.569. The first kappa shape index (κ1) is 10.1. The van der Waals surface area contributed by atoms with Crippen LogP contribution in [0.25, 0.3) is 0 Å². The van der Waals surface area contributed by atoms with Gasteiger partial charge in [0.2, 0.25) is 5.78 Å². The van der Waals surface area contributed by atoms with Crippen molar-refractivity contribution in [1.82, 2.24) is 0 Å². The molecule has 0 aliphatic carbocycles. The third-order valence-electron chi connectivity index (χ3n) is 1.68. The lowest BCUT2D eigenvalue weighted by atomic mass is 10.1. The molecule has 4 nitrogen and oxygen atoms in total. The van der Waals surface area contributed by atoms with Gasteiger partial charge in [-0.05, 0) is 0 Å². The van der Waals surface area contributed by atoms with Gasteiger partial charge >= 0.3 is 0 Å². The largest absolute Gasteiger partial charge is 0.410 e. The molecule has 0 aliphatic rings. The van der Waals surface area contributed by atoms with E-state index in [0.717, 1.165) is 0 Å². The lowest BCUT2D eigenvalue weighted by molar-refractivity contribution is -0.111. The van der Waals surface area contributed by atoms with Crippen LogP contribution in [0, 0.1) is 0 Å². The van der Waals surface area contributed by atoms with Crippen LogP contribution in [0.2, 0.25) is 0 Å². The molecule has 1 rings (SSSR count). The number of hydrogen-bond acceptors (Lipinski definition) is 4. The maximum Gasteiger partial charge on any atom is 0.218 e. The van der Waals surface area contributed by atoms with E-state index in [9.17, 15) is 9.59 Å². The van der Waals surface area contributed by atoms with Gasteiger partial charge in [-0.1, -0.05) is 35.5 Å². The third kappa shape index (κ3) is 2.04. The van der Waals surface area contributed by atoms with Gasteiger partial charge in [0.25, 0.3) is 0 Å². The number of hydrogen-bond donors (Lipinski definition) is 1. The summed E-state index contributed by atoms with van der Waals surface area (Å²) >= 11 is 0. The van der Waals surface area contributed by atoms with Crippen molar-refractivity contribution in [2.45, 2.75) is 6.92 Å². The molecule has 1 aromatic rings. The van der Waals surface area contributed by atoms with E-state index in [4.69, 9.17) is 5.21 Å². The summed E-state index contributed by atoms with van der Waals surface area (Å²) < 4.78 is 0. The molecule has 0 aliphatic heterocycles. The quantitative estimate of drug-likeness (QED) is 0.257. The Hall–Kier alpha value is -1.97. The Balaban J connectivity index is 3.02. The van der Waals surface area contributed by atoms with E-state index in [-0.39, 0.29) is 0 Å². The number of carbonyl (C=O) groups excluding carboxylic acids is 2. The number of carbonyl (C=O) groups is 2. The molecule has 0 fully saturated rings. The minimum Gasteiger partial charge on any atom is -0.410 e. The zero-order valence-electron chi connectivity index (χ0n) is 7.60.